The molecule has 0 radical (unpaired) electrons. The second-order valence-corrected chi connectivity index (χ2v) is 20.1. The maximum Gasteiger partial charge on any atom is 0.311 e. The summed E-state index contributed by atoms with van der Waals surface area (Å²) in [5.74, 6) is -0.513. The minimum Gasteiger partial charge on any atom is -0.459 e. The van der Waals surface area contributed by atoms with Crippen LogP contribution in [0.3, 0.4) is 0 Å². The van der Waals surface area contributed by atoms with Crippen molar-refractivity contribution in [2.24, 2.45) is 22.7 Å². The van der Waals surface area contributed by atoms with Crippen molar-refractivity contribution in [3.8, 4) is 0 Å². The number of nitrogens with one attached hydrogen (secondary N) is 1. The summed E-state index contributed by atoms with van der Waals surface area (Å²) < 4.78 is 49.0. The lowest BCUT2D eigenvalue weighted by molar-refractivity contribution is -0.236. The van der Waals surface area contributed by atoms with E-state index in [1.165, 1.54) is 25.9 Å². The number of hydrogen-bond acceptors (Lipinski definition) is 17. The van der Waals surface area contributed by atoms with Gasteiger partial charge in [0.25, 0.3) is 0 Å². The summed E-state index contributed by atoms with van der Waals surface area (Å²) in [4.78, 5) is 30.7. The third-order valence-corrected chi connectivity index (χ3v) is 14.3. The molecule has 4 saturated heterocycles. The van der Waals surface area contributed by atoms with Crippen LogP contribution in [0.1, 0.15) is 173 Å². The summed E-state index contributed by atoms with van der Waals surface area (Å²) in [6.45, 7) is 29.6. The first-order chi connectivity index (χ1) is 36.4. The molecule has 6 N–H and O–H groups in total. The molecule has 17 nitrogen and oxygen atoms in total. The van der Waals surface area contributed by atoms with Crippen LogP contribution in [-0.4, -0.2) is 184 Å². The molecule has 4 rings (SSSR count). The Labute approximate surface area is 462 Å². The van der Waals surface area contributed by atoms with Crippen LogP contribution in [0.5, 0.6) is 0 Å². The number of alkyl halides is 1. The molecule has 0 aliphatic carbocycles. The van der Waals surface area contributed by atoms with Crippen molar-refractivity contribution in [2.45, 2.75) is 247 Å². The summed E-state index contributed by atoms with van der Waals surface area (Å²) >= 11 is 0. The summed E-state index contributed by atoms with van der Waals surface area (Å²) in [6, 6.07) is -0.306. The number of allylic oxidation sites excluding steroid dienone is 2. The highest BCUT2D eigenvalue weighted by Gasteiger charge is 2.45. The molecule has 14 atom stereocenters. The fraction of sp³-hybridized carbons (Fsp3) is 0.879. The van der Waals surface area contributed by atoms with Gasteiger partial charge in [-0.1, -0.05) is 73.6 Å². The summed E-state index contributed by atoms with van der Waals surface area (Å²) in [5.41, 5.74) is 6.50. The van der Waals surface area contributed by atoms with E-state index in [1.807, 2.05) is 94.3 Å². The van der Waals surface area contributed by atoms with Crippen LogP contribution in [-0.2, 0) is 33.2 Å². The van der Waals surface area contributed by atoms with E-state index in [0.717, 1.165) is 57.9 Å². The number of aliphatic hydroxyl groups excluding tert-OH is 2. The Bertz CT molecular complexity index is 1530. The van der Waals surface area contributed by atoms with Crippen molar-refractivity contribution in [3.63, 3.8) is 0 Å². The topological polar surface area (TPSA) is 210 Å². The number of methoxy groups -OCH3 is 2. The predicted molar refractivity (Wildman–Crippen MR) is 307 cm³/mol. The quantitative estimate of drug-likeness (QED) is 0.0463. The number of esters is 1. The van der Waals surface area contributed by atoms with Gasteiger partial charge in [0.1, 0.15) is 30.7 Å². The number of nitrogens with zero attached hydrogens (tertiary/aromatic N) is 4. The van der Waals surface area contributed by atoms with Crippen molar-refractivity contribution >= 4 is 5.97 Å². The molecule has 4 fully saturated rings. The SMILES string of the molecule is C/C=C(\C/C=C\CN1CCCC1)C(OC)C(CF)N/C=C(\N)CCN(C)C1CC(C)OC(N=O)C1.CC.CC.CC.CC[C@H]1OC(=O)C(C)[C@@H](O[C@H]2CC(C)CC(C)O2)CCC(O)CCCN(C)C(OC)C1(C)O.CO. The van der Waals surface area contributed by atoms with Gasteiger partial charge < -0.3 is 59.7 Å². The maximum absolute atomic E-state index is 14.0. The zero-order chi connectivity index (χ0) is 58.4. The van der Waals surface area contributed by atoms with Crippen LogP contribution >= 0.6 is 0 Å². The molecule has 4 heterocycles. The van der Waals surface area contributed by atoms with Gasteiger partial charge in [-0.2, -0.15) is 0 Å². The van der Waals surface area contributed by atoms with Crippen LogP contribution in [0, 0.1) is 16.7 Å². The molecule has 0 bridgehead atoms. The summed E-state index contributed by atoms with van der Waals surface area (Å²) in [5, 5.41) is 35.1. The average Bonchev–Trinajstić information content (AvgIpc) is 3.95. The Balaban J connectivity index is 0. The molecule has 18 heteroatoms. The smallest absolute Gasteiger partial charge is 0.311 e. The van der Waals surface area contributed by atoms with E-state index < -0.39 is 61.0 Å². The van der Waals surface area contributed by atoms with Gasteiger partial charge >= 0.3 is 5.97 Å². The Hall–Kier alpha value is -2.62. The number of nitroso groups, excluding NO2 is 1. The third-order valence-electron chi connectivity index (χ3n) is 14.3. The number of cyclic esters (lactones) is 1. The van der Waals surface area contributed by atoms with E-state index in [1.54, 1.807) is 34.3 Å². The Morgan fingerprint density at radius 1 is 0.961 bits per heavy atom. The van der Waals surface area contributed by atoms with E-state index in [4.69, 9.17) is 39.3 Å². The molecule has 450 valence electrons. The predicted octanol–water partition coefficient (Wildman–Crippen LogP) is 9.47. The second kappa shape index (κ2) is 44.2. The van der Waals surface area contributed by atoms with E-state index in [0.29, 0.717) is 56.7 Å². The van der Waals surface area contributed by atoms with E-state index in [-0.39, 0.29) is 30.6 Å². The summed E-state index contributed by atoms with van der Waals surface area (Å²) in [6.07, 6.45) is 14.5. The van der Waals surface area contributed by atoms with Crippen molar-refractivity contribution in [3.05, 3.63) is 40.6 Å². The first-order valence-electron chi connectivity index (χ1n) is 29.0. The number of aliphatic hydroxyl groups is 3. The Morgan fingerprint density at radius 3 is 2.14 bits per heavy atom. The largest absolute Gasteiger partial charge is 0.459 e. The molecule has 4 aliphatic heterocycles. The van der Waals surface area contributed by atoms with Crippen LogP contribution in [0.2, 0.25) is 0 Å². The lowest BCUT2D eigenvalue weighted by Gasteiger charge is -2.42. The molecule has 0 spiro atoms. The highest BCUT2D eigenvalue weighted by atomic mass is 19.1. The van der Waals surface area contributed by atoms with Crippen LogP contribution in [0.15, 0.2) is 40.9 Å². The van der Waals surface area contributed by atoms with Gasteiger partial charge in [-0.25, -0.2) is 4.39 Å². The number of likely N-dealkylation sites (tertiary alicyclic amines) is 1. The molecular weight excluding hydrogens is 976 g/mol. The van der Waals surface area contributed by atoms with E-state index >= 15 is 0 Å². The number of likely N-dealkylation sites (N-methyl/N-ethyl adjacent to an activating group) is 1. The van der Waals surface area contributed by atoms with E-state index in [2.05, 4.69) is 39.4 Å². The molecule has 76 heavy (non-hydrogen) atoms. The van der Waals surface area contributed by atoms with Gasteiger partial charge in [-0.3, -0.25) is 14.6 Å². The minimum atomic E-state index is -1.41. The van der Waals surface area contributed by atoms with Gasteiger partial charge in [0, 0.05) is 78.2 Å². The number of hydrogen-bond donors (Lipinski definition) is 5. The van der Waals surface area contributed by atoms with Gasteiger partial charge in [0.15, 0.2) is 12.5 Å². The monoisotopic (exact) mass is 1090 g/mol. The fourth-order valence-electron chi connectivity index (χ4n) is 10.2. The Kier molecular flexibility index (Phi) is 43.8. The number of halogens is 1. The number of ether oxygens (including phenoxy) is 6. The van der Waals surface area contributed by atoms with Gasteiger partial charge in [0.2, 0.25) is 0 Å². The first-order valence-corrected chi connectivity index (χ1v) is 29.0. The maximum atomic E-state index is 14.0. The van der Waals surface area contributed by atoms with Gasteiger partial charge in [-0.15, -0.1) is 4.91 Å². The van der Waals surface area contributed by atoms with Crippen molar-refractivity contribution < 1.29 is 52.9 Å². The zero-order valence-electron chi connectivity index (χ0n) is 51.1. The third kappa shape index (κ3) is 28.0. The number of carbonyl (C=O) groups excluding carboxylic acids is 1. The standard InChI is InChI=1S/C26H46FN5O3.C25H47NO7.3C2H6.CH4O/c1-5-21(10-6-7-12-32-13-8-9-14-32)26(34-4)24(18-27)29-19-22(28)11-15-31(3)23-16-20(2)35-25(17-23)30-33;1-8-21-25(5,29)24(30-7)26(6)13-9-10-19(27)11-12-20(18(4)23(28)33-21)32-22-15-16(2)14-17(3)31-22;4*1-2/h5-7,19-20,23-26,29H,8-18,28H2,1-4H3;16-22,24,27,29H,8-15H2,1-7H3;3*1-2H3;2H,1H3/b7-6-,21-5+,22-19-;;;;;/t;16?,17?,18?,19?,20-,21+,22-,24?,25?;;;;/m.0..../s1. The molecule has 4 aliphatic rings. The molecule has 0 aromatic rings. The normalized spacial score (nSPS) is 31.1. The van der Waals surface area contributed by atoms with Crippen LogP contribution in [0.4, 0.5) is 4.39 Å². The average molecular weight is 1090 g/mol. The molecule has 11 unspecified atom stereocenters. The molecule has 0 saturated carbocycles. The lowest BCUT2D eigenvalue weighted by atomic mass is 9.92. The molecule has 0 amide bonds. The highest BCUT2D eigenvalue weighted by molar-refractivity contribution is 5.73. The Morgan fingerprint density at radius 2 is 1.59 bits per heavy atom. The number of nitrogens with two attached hydrogens (primary N) is 1. The lowest BCUT2D eigenvalue weighted by Crippen LogP contribution is -2.58. The molecular formula is C58H115FN6O11. The van der Waals surface area contributed by atoms with Crippen LogP contribution < -0.4 is 11.1 Å². The van der Waals surface area contributed by atoms with Gasteiger partial charge in [-0.05, 0) is 143 Å². The fourth-order valence-corrected chi connectivity index (χ4v) is 10.2. The van der Waals surface area contributed by atoms with Crippen LogP contribution in [0.25, 0.3) is 0 Å². The van der Waals surface area contributed by atoms with Gasteiger partial charge in [0.05, 0.1) is 36.4 Å². The van der Waals surface area contributed by atoms with Crippen molar-refractivity contribution in [2.75, 3.05) is 74.8 Å². The molecule has 0 aromatic heterocycles. The van der Waals surface area contributed by atoms with Crippen molar-refractivity contribution in [1.82, 2.24) is 20.0 Å². The minimum absolute atomic E-state index is 0.000578. The number of rotatable bonds is 19. The molecule has 0 aromatic carbocycles. The first kappa shape index (κ1) is 75.5. The van der Waals surface area contributed by atoms with E-state index in [9.17, 15) is 24.3 Å². The zero-order valence-corrected chi connectivity index (χ0v) is 51.1. The summed E-state index contributed by atoms with van der Waals surface area (Å²) in [7, 11) is 8.05. The highest BCUT2D eigenvalue weighted by Crippen LogP contribution is 2.32. The van der Waals surface area contributed by atoms with Crippen molar-refractivity contribution in [1.29, 1.82) is 0 Å². The number of carbonyl (C=O) groups is 1. The second-order valence-electron chi connectivity index (χ2n) is 20.1.